The second kappa shape index (κ2) is 5.93. The third kappa shape index (κ3) is 2.87. The van der Waals surface area contributed by atoms with Gasteiger partial charge in [-0.25, -0.2) is 0 Å². The van der Waals surface area contributed by atoms with Crippen LogP contribution in [0.5, 0.6) is 5.75 Å². The van der Waals surface area contributed by atoms with Gasteiger partial charge in [-0.2, -0.15) is 0 Å². The molecule has 5 heteroatoms. The number of fused-ring (bicyclic) bond motifs is 2. The number of likely N-dealkylation sites (N-methyl/N-ethyl adjacent to an activating group) is 1. The van der Waals surface area contributed by atoms with E-state index in [9.17, 15) is 9.90 Å². The number of rotatable bonds is 4. The first-order chi connectivity index (χ1) is 11.0. The van der Waals surface area contributed by atoms with Gasteiger partial charge in [0.05, 0.1) is 10.8 Å². The summed E-state index contributed by atoms with van der Waals surface area (Å²) in [6.07, 6.45) is 0. The lowest BCUT2D eigenvalue weighted by Crippen LogP contribution is -2.21. The molecule has 0 radical (unpaired) electrons. The van der Waals surface area contributed by atoms with Crippen molar-refractivity contribution in [1.82, 2.24) is 4.90 Å². The zero-order valence-corrected chi connectivity index (χ0v) is 13.5. The molecule has 2 aromatic carbocycles. The molecule has 0 saturated heterocycles. The number of phenolic OH excluding ortho intramolecular Hbond substituents is 1. The highest BCUT2D eigenvalue weighted by atomic mass is 16.3. The second-order valence-corrected chi connectivity index (χ2v) is 5.98. The number of benzene rings is 2. The van der Waals surface area contributed by atoms with Gasteiger partial charge in [-0.3, -0.25) is 4.79 Å². The van der Waals surface area contributed by atoms with Gasteiger partial charge < -0.3 is 19.7 Å². The summed E-state index contributed by atoms with van der Waals surface area (Å²) in [6, 6.07) is 8.43. The number of nitrogens with zero attached hydrogens (tertiary/aromatic N) is 1. The van der Waals surface area contributed by atoms with Gasteiger partial charge in [0.1, 0.15) is 16.9 Å². The van der Waals surface area contributed by atoms with Crippen LogP contribution in [0.15, 0.2) is 39.5 Å². The second-order valence-electron chi connectivity index (χ2n) is 5.98. The van der Waals surface area contributed by atoms with E-state index in [-0.39, 0.29) is 11.2 Å². The molecule has 0 aliphatic rings. The van der Waals surface area contributed by atoms with E-state index in [0.717, 1.165) is 24.3 Å². The summed E-state index contributed by atoms with van der Waals surface area (Å²) in [5.41, 5.74) is 2.60. The molecule has 0 bridgehead atoms. The highest BCUT2D eigenvalue weighted by molar-refractivity contribution is 5.98. The summed E-state index contributed by atoms with van der Waals surface area (Å²) in [5, 5.41) is 13.9. The Labute approximate surface area is 134 Å². The molecule has 0 spiro atoms. The van der Waals surface area contributed by atoms with Gasteiger partial charge in [-0.1, -0.05) is 6.07 Å². The van der Waals surface area contributed by atoms with Gasteiger partial charge in [0, 0.05) is 18.8 Å². The van der Waals surface area contributed by atoms with Crippen molar-refractivity contribution in [2.24, 2.45) is 0 Å². The largest absolute Gasteiger partial charge is 0.508 e. The third-order valence-corrected chi connectivity index (χ3v) is 3.88. The summed E-state index contributed by atoms with van der Waals surface area (Å²) in [6.45, 7) is 3.50. The van der Waals surface area contributed by atoms with E-state index >= 15 is 0 Å². The van der Waals surface area contributed by atoms with Gasteiger partial charge in [0.2, 0.25) is 5.43 Å². The van der Waals surface area contributed by atoms with Crippen molar-refractivity contribution in [2.75, 3.05) is 32.5 Å². The van der Waals surface area contributed by atoms with Crippen molar-refractivity contribution in [3.63, 3.8) is 0 Å². The maximum absolute atomic E-state index is 12.9. The molecule has 120 valence electrons. The van der Waals surface area contributed by atoms with Crippen molar-refractivity contribution >= 4 is 27.6 Å². The smallest absolute Gasteiger partial charge is 0.202 e. The van der Waals surface area contributed by atoms with Crippen LogP contribution in [0.3, 0.4) is 0 Å². The molecule has 1 heterocycles. The van der Waals surface area contributed by atoms with Gasteiger partial charge >= 0.3 is 0 Å². The average molecular weight is 312 g/mol. The molecular weight excluding hydrogens is 292 g/mol. The van der Waals surface area contributed by atoms with Crippen molar-refractivity contribution in [3.8, 4) is 5.75 Å². The molecule has 0 aliphatic heterocycles. The van der Waals surface area contributed by atoms with E-state index in [0.29, 0.717) is 21.9 Å². The lowest BCUT2D eigenvalue weighted by molar-refractivity contribution is 0.425. The number of aromatic hydroxyl groups is 1. The Morgan fingerprint density at radius 1 is 1.22 bits per heavy atom. The highest BCUT2D eigenvalue weighted by Crippen LogP contribution is 2.28. The minimum Gasteiger partial charge on any atom is -0.508 e. The van der Waals surface area contributed by atoms with E-state index in [1.807, 2.05) is 33.2 Å². The first-order valence-electron chi connectivity index (χ1n) is 7.55. The van der Waals surface area contributed by atoms with Crippen LogP contribution in [0, 0.1) is 6.92 Å². The number of aryl methyl sites for hydroxylation is 1. The molecular formula is C18H20N2O3. The monoisotopic (exact) mass is 312 g/mol. The van der Waals surface area contributed by atoms with Crippen LogP contribution in [-0.4, -0.2) is 37.2 Å². The Kier molecular flexibility index (Phi) is 3.96. The molecule has 0 unspecified atom stereocenters. The van der Waals surface area contributed by atoms with Crippen LogP contribution in [-0.2, 0) is 0 Å². The van der Waals surface area contributed by atoms with Crippen LogP contribution < -0.4 is 10.7 Å². The molecule has 23 heavy (non-hydrogen) atoms. The zero-order chi connectivity index (χ0) is 16.6. The van der Waals surface area contributed by atoms with Gasteiger partial charge in [-0.05, 0) is 50.8 Å². The number of anilines is 1. The van der Waals surface area contributed by atoms with E-state index in [1.165, 1.54) is 12.1 Å². The molecule has 0 atom stereocenters. The molecule has 1 aromatic heterocycles. The maximum atomic E-state index is 12.9. The average Bonchev–Trinajstić information content (AvgIpc) is 2.50. The normalized spacial score (nSPS) is 11.5. The standard InChI is InChI=1S/C18H20N2O3/c1-11-4-6-14(19-8-9-20(2)3)16-17(22)13-10-12(21)5-7-15(13)23-18(11)16/h4-7,10,19,21H,8-9H2,1-3H3. The molecule has 0 aliphatic carbocycles. The lowest BCUT2D eigenvalue weighted by Gasteiger charge is -2.14. The van der Waals surface area contributed by atoms with Crippen molar-refractivity contribution in [2.45, 2.75) is 6.92 Å². The van der Waals surface area contributed by atoms with E-state index in [1.54, 1.807) is 6.07 Å². The van der Waals surface area contributed by atoms with Crippen LogP contribution in [0.4, 0.5) is 5.69 Å². The molecule has 0 fully saturated rings. The summed E-state index contributed by atoms with van der Waals surface area (Å²) < 4.78 is 5.92. The fourth-order valence-electron chi connectivity index (χ4n) is 2.63. The van der Waals surface area contributed by atoms with E-state index in [4.69, 9.17) is 4.42 Å². The SMILES string of the molecule is Cc1ccc(NCCN(C)C)c2c(=O)c3cc(O)ccc3oc12. The highest BCUT2D eigenvalue weighted by Gasteiger charge is 2.14. The minimum atomic E-state index is -0.131. The number of hydrogen-bond donors (Lipinski definition) is 2. The number of nitrogens with one attached hydrogen (secondary N) is 1. The van der Waals surface area contributed by atoms with Crippen molar-refractivity contribution in [1.29, 1.82) is 0 Å². The van der Waals surface area contributed by atoms with Crippen LogP contribution in [0.2, 0.25) is 0 Å². The Morgan fingerprint density at radius 3 is 2.74 bits per heavy atom. The van der Waals surface area contributed by atoms with Crippen LogP contribution in [0.25, 0.3) is 21.9 Å². The molecule has 0 amide bonds. The summed E-state index contributed by atoms with van der Waals surface area (Å²) >= 11 is 0. The van der Waals surface area contributed by atoms with Crippen LogP contribution >= 0.6 is 0 Å². The summed E-state index contributed by atoms with van der Waals surface area (Å²) in [5.74, 6) is 0.0546. The predicted molar refractivity (Wildman–Crippen MR) is 93.4 cm³/mol. The number of hydrogen-bond acceptors (Lipinski definition) is 5. The van der Waals surface area contributed by atoms with Crippen molar-refractivity contribution < 1.29 is 9.52 Å². The fraction of sp³-hybridized carbons (Fsp3) is 0.278. The molecule has 3 rings (SSSR count). The van der Waals surface area contributed by atoms with Gasteiger partial charge in [-0.15, -0.1) is 0 Å². The van der Waals surface area contributed by atoms with Crippen LogP contribution in [0.1, 0.15) is 5.56 Å². The van der Waals surface area contributed by atoms with E-state index in [2.05, 4.69) is 10.2 Å². The molecule has 5 nitrogen and oxygen atoms in total. The van der Waals surface area contributed by atoms with Gasteiger partial charge in [0.15, 0.2) is 0 Å². The topological polar surface area (TPSA) is 65.7 Å². The summed E-state index contributed by atoms with van der Waals surface area (Å²) in [4.78, 5) is 15.0. The first kappa shape index (κ1) is 15.4. The Balaban J connectivity index is 2.22. The zero-order valence-electron chi connectivity index (χ0n) is 13.5. The Bertz CT molecular complexity index is 929. The quantitative estimate of drug-likeness (QED) is 0.725. The third-order valence-electron chi connectivity index (χ3n) is 3.88. The van der Waals surface area contributed by atoms with E-state index < -0.39 is 0 Å². The fourth-order valence-corrected chi connectivity index (χ4v) is 2.63. The number of phenols is 1. The molecule has 2 N–H and O–H groups in total. The lowest BCUT2D eigenvalue weighted by atomic mass is 10.1. The maximum Gasteiger partial charge on any atom is 0.202 e. The Morgan fingerprint density at radius 2 is 2.00 bits per heavy atom. The molecule has 0 saturated carbocycles. The first-order valence-corrected chi connectivity index (χ1v) is 7.55. The predicted octanol–water partition coefficient (Wildman–Crippen LogP) is 2.93. The molecule has 3 aromatic rings. The van der Waals surface area contributed by atoms with Crippen molar-refractivity contribution in [3.05, 3.63) is 46.1 Å². The Hall–Kier alpha value is -2.53. The van der Waals surface area contributed by atoms with Gasteiger partial charge in [0.25, 0.3) is 0 Å². The minimum absolute atomic E-state index is 0.0546. The summed E-state index contributed by atoms with van der Waals surface area (Å²) in [7, 11) is 4.00.